The minimum Gasteiger partial charge on any atom is -0.313 e. The Balaban J connectivity index is 1.01. The van der Waals surface area contributed by atoms with E-state index in [2.05, 4.69) is 199 Å². The van der Waals surface area contributed by atoms with Crippen molar-refractivity contribution in [1.82, 2.24) is 33.2 Å². The largest absolute Gasteiger partial charge is 0.313 e. The fraction of sp³-hybridized carbons (Fsp3) is 0.0351. The molecule has 6 aromatic heterocycles. The van der Waals surface area contributed by atoms with Crippen molar-refractivity contribution in [2.45, 2.75) is 12.8 Å². The summed E-state index contributed by atoms with van der Waals surface area (Å²) < 4.78 is 9.47. The first kappa shape index (κ1) is 35.1. The number of pyridine rings is 1. The zero-order valence-electron chi connectivity index (χ0n) is 34.6. The average Bonchev–Trinajstić information content (AvgIpc) is 4.09. The van der Waals surface area contributed by atoms with Crippen LogP contribution in [-0.4, -0.2) is 33.2 Å². The number of allylic oxidation sites excluding steroid dienone is 1. The van der Waals surface area contributed by atoms with Gasteiger partial charge in [0.2, 0.25) is 0 Å². The topological polar surface area (TPSA) is 58.4 Å². The van der Waals surface area contributed by atoms with Crippen LogP contribution in [0.4, 0.5) is 0 Å². The second kappa shape index (κ2) is 13.5. The van der Waals surface area contributed by atoms with Crippen molar-refractivity contribution in [1.29, 1.82) is 0 Å². The summed E-state index contributed by atoms with van der Waals surface area (Å²) in [7, 11) is 0. The van der Waals surface area contributed by atoms with Crippen LogP contribution in [0.25, 0.3) is 117 Å². The molecule has 0 unspecified atom stereocenters. The van der Waals surface area contributed by atoms with Gasteiger partial charge in [0.1, 0.15) is 11.6 Å². The summed E-state index contributed by atoms with van der Waals surface area (Å²) in [6, 6.07) is 63.4. The molecule has 7 heteroatoms. The maximum atomic E-state index is 5.39. The van der Waals surface area contributed by atoms with Crippen LogP contribution in [-0.2, 0) is 6.42 Å². The Morgan fingerprint density at radius 3 is 1.36 bits per heavy atom. The normalized spacial score (nSPS) is 12.8. The first-order valence-electron chi connectivity index (χ1n) is 21.9. The summed E-state index contributed by atoms with van der Waals surface area (Å²) in [5, 5.41) is 8.43. The summed E-state index contributed by atoms with van der Waals surface area (Å²) in [4.78, 5) is 15.1. The van der Waals surface area contributed by atoms with Crippen LogP contribution in [0.15, 0.2) is 194 Å². The number of benzene rings is 7. The predicted octanol–water partition coefficient (Wildman–Crippen LogP) is 13.7. The van der Waals surface area contributed by atoms with Crippen molar-refractivity contribution < 1.29 is 0 Å². The van der Waals surface area contributed by atoms with E-state index < -0.39 is 0 Å². The zero-order valence-corrected chi connectivity index (χ0v) is 34.6. The summed E-state index contributed by atoms with van der Waals surface area (Å²) >= 11 is 0. The number of hydrogen-bond donors (Lipinski definition) is 0. The summed E-state index contributed by atoms with van der Waals surface area (Å²) in [6.07, 6.45) is 10.3. The third-order valence-electron chi connectivity index (χ3n) is 13.4. The summed E-state index contributed by atoms with van der Waals surface area (Å²) in [5.41, 5.74) is 13.8. The maximum Gasteiger partial charge on any atom is 0.164 e. The van der Waals surface area contributed by atoms with Gasteiger partial charge in [-0.1, -0.05) is 103 Å². The average molecular weight is 820 g/mol. The molecule has 0 amide bonds. The lowest BCUT2D eigenvalue weighted by molar-refractivity contribution is 0.889. The Morgan fingerprint density at radius 2 is 0.812 bits per heavy atom. The van der Waals surface area contributed by atoms with E-state index >= 15 is 0 Å². The molecule has 0 bridgehead atoms. The van der Waals surface area contributed by atoms with E-state index in [1.165, 1.54) is 54.7 Å². The van der Waals surface area contributed by atoms with Crippen molar-refractivity contribution in [2.75, 3.05) is 0 Å². The molecule has 64 heavy (non-hydrogen) atoms. The molecular formula is C57H37N7. The summed E-state index contributed by atoms with van der Waals surface area (Å²) in [5.74, 6) is 2.20. The van der Waals surface area contributed by atoms with Crippen LogP contribution in [0.3, 0.4) is 0 Å². The van der Waals surface area contributed by atoms with Crippen molar-refractivity contribution in [3.63, 3.8) is 0 Å². The predicted molar refractivity (Wildman–Crippen MR) is 262 cm³/mol. The molecule has 0 spiro atoms. The van der Waals surface area contributed by atoms with Crippen LogP contribution < -0.4 is 0 Å². The van der Waals surface area contributed by atoms with Gasteiger partial charge in [0.05, 0.1) is 38.6 Å². The van der Waals surface area contributed by atoms with Crippen molar-refractivity contribution in [3.05, 3.63) is 206 Å². The van der Waals surface area contributed by atoms with E-state index in [0.29, 0.717) is 5.82 Å². The van der Waals surface area contributed by atoms with E-state index in [9.17, 15) is 0 Å². The quantitative estimate of drug-likeness (QED) is 0.174. The lowest BCUT2D eigenvalue weighted by Crippen LogP contribution is -2.06. The standard InChI is InChI=1S/C57H37N7/c1-7-19-47-39(13-1)40-14-2-8-20-48(40)61(47)37-25-27-53-45(33-37)43-17-5-11-23-51(43)63(53)55-35-56(60-57(59-55)36-29-31-58-32-30-36)64-52-24-12-6-18-44(52)46-34-38(26-28-54(46)64)62-49-21-9-3-15-41(49)42-16-4-10-22-50(42)62/h1-9,11-21,23-35H,10,22H2. The highest BCUT2D eigenvalue weighted by Crippen LogP contribution is 2.40. The fourth-order valence-corrected chi connectivity index (χ4v) is 10.6. The lowest BCUT2D eigenvalue weighted by Gasteiger charge is -2.15. The van der Waals surface area contributed by atoms with E-state index in [-0.39, 0.29) is 0 Å². The SMILES string of the molecule is C1=Cc2c(n(-c3ccc4c(c3)c3ccccc3n4-c3cc(-n4c5ccccc5c5cc(-n6c7ccccc7c7ccccc76)ccc54)nc(-c4ccncc4)n3)c3ccccc23)CC1. The van der Waals surface area contributed by atoms with Crippen molar-refractivity contribution in [2.24, 2.45) is 0 Å². The fourth-order valence-electron chi connectivity index (χ4n) is 10.6. The summed E-state index contributed by atoms with van der Waals surface area (Å²) in [6.45, 7) is 0. The molecule has 0 saturated carbocycles. The molecule has 0 radical (unpaired) electrons. The van der Waals surface area contributed by atoms with Gasteiger partial charge in [-0.25, -0.2) is 9.97 Å². The number of aromatic nitrogens is 7. The highest BCUT2D eigenvalue weighted by atomic mass is 15.1. The van der Waals surface area contributed by atoms with Gasteiger partial charge in [0.25, 0.3) is 0 Å². The van der Waals surface area contributed by atoms with Crippen LogP contribution >= 0.6 is 0 Å². The first-order chi connectivity index (χ1) is 31.8. The number of para-hydroxylation sites is 5. The van der Waals surface area contributed by atoms with Crippen LogP contribution in [0.5, 0.6) is 0 Å². The number of hydrogen-bond acceptors (Lipinski definition) is 3. The molecule has 13 aromatic rings. The molecule has 0 N–H and O–H groups in total. The Labute approximate surface area is 367 Å². The van der Waals surface area contributed by atoms with Gasteiger partial charge in [0, 0.05) is 84.4 Å². The van der Waals surface area contributed by atoms with Gasteiger partial charge in [-0.15, -0.1) is 0 Å². The Morgan fingerprint density at radius 1 is 0.375 bits per heavy atom. The highest BCUT2D eigenvalue weighted by Gasteiger charge is 2.23. The van der Waals surface area contributed by atoms with E-state index in [0.717, 1.165) is 74.3 Å². The molecule has 6 heterocycles. The second-order valence-electron chi connectivity index (χ2n) is 16.8. The molecule has 0 saturated heterocycles. The zero-order chi connectivity index (χ0) is 41.9. The van der Waals surface area contributed by atoms with Gasteiger partial charge in [-0.2, -0.15) is 0 Å². The van der Waals surface area contributed by atoms with E-state index in [1.54, 1.807) is 0 Å². The van der Waals surface area contributed by atoms with Crippen molar-refractivity contribution in [3.8, 4) is 34.4 Å². The van der Waals surface area contributed by atoms with Gasteiger partial charge < -0.3 is 9.13 Å². The number of rotatable bonds is 5. The molecular weight excluding hydrogens is 783 g/mol. The second-order valence-corrected chi connectivity index (χ2v) is 16.8. The van der Waals surface area contributed by atoms with Gasteiger partial charge in [0.15, 0.2) is 5.82 Å². The first-order valence-corrected chi connectivity index (χ1v) is 21.9. The van der Waals surface area contributed by atoms with Gasteiger partial charge >= 0.3 is 0 Å². The minimum absolute atomic E-state index is 0.628. The minimum atomic E-state index is 0.628. The number of nitrogens with zero attached hydrogens (tertiary/aromatic N) is 7. The molecule has 1 aliphatic rings. The molecule has 7 nitrogen and oxygen atoms in total. The van der Waals surface area contributed by atoms with E-state index in [4.69, 9.17) is 9.97 Å². The van der Waals surface area contributed by atoms with Crippen LogP contribution in [0, 0.1) is 0 Å². The van der Waals surface area contributed by atoms with Crippen LogP contribution in [0.2, 0.25) is 0 Å². The molecule has 0 aliphatic heterocycles. The van der Waals surface area contributed by atoms with E-state index in [1.807, 2.05) is 24.5 Å². The monoisotopic (exact) mass is 819 g/mol. The molecule has 0 fully saturated rings. The number of fused-ring (bicyclic) bond motifs is 12. The Hall–Kier alpha value is -8.55. The lowest BCUT2D eigenvalue weighted by atomic mass is 10.0. The Kier molecular flexibility index (Phi) is 7.39. The van der Waals surface area contributed by atoms with Crippen molar-refractivity contribution >= 4 is 82.4 Å². The molecule has 7 aromatic carbocycles. The third-order valence-corrected chi connectivity index (χ3v) is 13.4. The third kappa shape index (κ3) is 5.00. The molecule has 0 atom stereocenters. The smallest absolute Gasteiger partial charge is 0.164 e. The van der Waals surface area contributed by atoms with Gasteiger partial charge in [-0.05, 0) is 91.7 Å². The molecule has 300 valence electrons. The van der Waals surface area contributed by atoms with Gasteiger partial charge in [-0.3, -0.25) is 14.1 Å². The Bertz CT molecular complexity index is 4030. The van der Waals surface area contributed by atoms with Crippen LogP contribution in [0.1, 0.15) is 17.7 Å². The molecule has 1 aliphatic carbocycles. The maximum absolute atomic E-state index is 5.39. The molecule has 14 rings (SSSR count). The highest BCUT2D eigenvalue weighted by molar-refractivity contribution is 6.13.